The number of primary amides is 1. The van der Waals surface area contributed by atoms with Crippen molar-refractivity contribution in [2.24, 2.45) is 17.6 Å². The van der Waals surface area contributed by atoms with Gasteiger partial charge in [0.25, 0.3) is 5.91 Å². The number of carbonyl (C=O) groups is 1. The maximum absolute atomic E-state index is 13.0. The minimum atomic E-state index is -1.01. The molecule has 4 aliphatic heterocycles. The van der Waals surface area contributed by atoms with E-state index < -0.39 is 5.60 Å². The van der Waals surface area contributed by atoms with E-state index in [1.807, 2.05) is 30.5 Å². The highest BCUT2D eigenvalue weighted by atomic mass is 16.5. The molecule has 29 heavy (non-hydrogen) atoms. The Kier molecular flexibility index (Phi) is 4.46. The van der Waals surface area contributed by atoms with Crippen LogP contribution in [0.25, 0.3) is 0 Å². The van der Waals surface area contributed by atoms with Crippen molar-refractivity contribution in [2.45, 2.75) is 37.3 Å². The maximum Gasteiger partial charge on any atom is 0.262 e. The van der Waals surface area contributed by atoms with Crippen LogP contribution in [0.4, 0.5) is 0 Å². The van der Waals surface area contributed by atoms with Crippen LogP contribution in [0.15, 0.2) is 42.7 Å². The molecule has 3 unspecified atom stereocenters. The van der Waals surface area contributed by atoms with E-state index in [1.165, 1.54) is 5.56 Å². The Morgan fingerprint density at radius 2 is 2.17 bits per heavy atom. The zero-order valence-electron chi connectivity index (χ0n) is 16.7. The molecule has 1 aromatic carbocycles. The molecule has 0 spiro atoms. The van der Waals surface area contributed by atoms with Gasteiger partial charge in [-0.3, -0.25) is 14.7 Å². The normalized spacial score (nSPS) is 32.4. The first-order chi connectivity index (χ1) is 14.1. The summed E-state index contributed by atoms with van der Waals surface area (Å²) in [7, 11) is 1.65. The molecule has 2 bridgehead atoms. The zero-order chi connectivity index (χ0) is 20.0. The number of nitrogens with two attached hydrogens (primary N) is 1. The SMILES string of the molecule is COc1ccc2c(c1)CC(C(N)=O)(C1C3CCN(CC3)C1Cc1cccnc1)O2. The summed E-state index contributed by atoms with van der Waals surface area (Å²) in [6.07, 6.45) is 7.26. The monoisotopic (exact) mass is 393 g/mol. The van der Waals surface area contributed by atoms with Crippen molar-refractivity contribution in [3.63, 3.8) is 0 Å². The summed E-state index contributed by atoms with van der Waals surface area (Å²) in [6.45, 7) is 2.14. The second kappa shape index (κ2) is 7.02. The fourth-order valence-electron chi connectivity index (χ4n) is 5.78. The van der Waals surface area contributed by atoms with Crippen LogP contribution in [0.3, 0.4) is 0 Å². The topological polar surface area (TPSA) is 77.7 Å². The highest BCUT2D eigenvalue weighted by Gasteiger charge is 2.59. The van der Waals surface area contributed by atoms with Gasteiger partial charge in [-0.15, -0.1) is 0 Å². The number of pyridine rings is 1. The van der Waals surface area contributed by atoms with Crippen LogP contribution >= 0.6 is 0 Å². The number of hydrogen-bond acceptors (Lipinski definition) is 5. The van der Waals surface area contributed by atoms with E-state index in [0.717, 1.165) is 49.4 Å². The van der Waals surface area contributed by atoms with E-state index in [-0.39, 0.29) is 17.9 Å². The first kappa shape index (κ1) is 18.4. The van der Waals surface area contributed by atoms with Gasteiger partial charge in [0, 0.05) is 36.3 Å². The molecule has 0 radical (unpaired) electrons. The Balaban J connectivity index is 1.53. The molecular formula is C23H27N3O3. The predicted octanol–water partition coefficient (Wildman–Crippen LogP) is 2.20. The molecule has 6 nitrogen and oxygen atoms in total. The van der Waals surface area contributed by atoms with E-state index in [9.17, 15) is 4.79 Å². The number of hydrogen-bond donors (Lipinski definition) is 1. The average Bonchev–Trinajstić information content (AvgIpc) is 3.15. The fraction of sp³-hybridized carbons (Fsp3) is 0.478. The lowest BCUT2D eigenvalue weighted by Crippen LogP contribution is -2.67. The van der Waals surface area contributed by atoms with Gasteiger partial charge in [0.2, 0.25) is 0 Å². The number of carbonyl (C=O) groups excluding carboxylic acids is 1. The number of methoxy groups -OCH3 is 1. The minimum Gasteiger partial charge on any atom is -0.497 e. The molecule has 1 amide bonds. The van der Waals surface area contributed by atoms with Crippen molar-refractivity contribution in [1.29, 1.82) is 0 Å². The fourth-order valence-corrected chi connectivity index (χ4v) is 5.78. The van der Waals surface area contributed by atoms with Crippen LogP contribution in [0.2, 0.25) is 0 Å². The van der Waals surface area contributed by atoms with Gasteiger partial charge < -0.3 is 15.2 Å². The number of ether oxygens (including phenoxy) is 2. The summed E-state index contributed by atoms with van der Waals surface area (Å²) in [5.41, 5.74) is 7.25. The number of aromatic nitrogens is 1. The van der Waals surface area contributed by atoms with E-state index in [2.05, 4.69) is 16.0 Å². The summed E-state index contributed by atoms with van der Waals surface area (Å²) in [6, 6.07) is 10.0. The molecule has 2 aromatic rings. The number of amides is 1. The Hall–Kier alpha value is -2.60. The van der Waals surface area contributed by atoms with Crippen molar-refractivity contribution in [2.75, 3.05) is 20.2 Å². The van der Waals surface area contributed by atoms with Gasteiger partial charge in [-0.05, 0) is 68.1 Å². The quantitative estimate of drug-likeness (QED) is 0.843. The van der Waals surface area contributed by atoms with Crippen LogP contribution < -0.4 is 15.2 Å². The van der Waals surface area contributed by atoms with Crippen molar-refractivity contribution in [3.8, 4) is 11.5 Å². The number of nitrogens with zero attached hydrogens (tertiary/aromatic N) is 2. The third kappa shape index (κ3) is 2.97. The molecule has 1 aromatic heterocycles. The third-order valence-corrected chi connectivity index (χ3v) is 7.10. The van der Waals surface area contributed by atoms with Gasteiger partial charge >= 0.3 is 0 Å². The molecule has 0 aliphatic carbocycles. The highest BCUT2D eigenvalue weighted by Crippen LogP contribution is 2.50. The molecule has 3 saturated heterocycles. The van der Waals surface area contributed by atoms with Gasteiger partial charge in [-0.25, -0.2) is 0 Å². The summed E-state index contributed by atoms with van der Waals surface area (Å²) in [5.74, 6) is 1.66. The third-order valence-electron chi connectivity index (χ3n) is 7.10. The number of piperidine rings is 3. The smallest absolute Gasteiger partial charge is 0.262 e. The summed E-state index contributed by atoms with van der Waals surface area (Å²) < 4.78 is 11.8. The summed E-state index contributed by atoms with van der Waals surface area (Å²) in [4.78, 5) is 19.8. The molecule has 152 valence electrons. The Morgan fingerprint density at radius 3 is 2.86 bits per heavy atom. The van der Waals surface area contributed by atoms with E-state index in [0.29, 0.717) is 12.3 Å². The number of fused-ring (bicyclic) bond motifs is 4. The van der Waals surface area contributed by atoms with Crippen molar-refractivity contribution in [1.82, 2.24) is 9.88 Å². The first-order valence-corrected chi connectivity index (χ1v) is 10.4. The number of benzene rings is 1. The van der Waals surface area contributed by atoms with Crippen LogP contribution in [0.1, 0.15) is 24.0 Å². The molecule has 2 N–H and O–H groups in total. The van der Waals surface area contributed by atoms with Gasteiger partial charge in [0.05, 0.1) is 7.11 Å². The molecule has 3 atom stereocenters. The van der Waals surface area contributed by atoms with E-state index in [4.69, 9.17) is 15.2 Å². The van der Waals surface area contributed by atoms with Crippen LogP contribution in [0, 0.1) is 11.8 Å². The van der Waals surface area contributed by atoms with Gasteiger partial charge in [0.1, 0.15) is 11.5 Å². The standard InChI is InChI=1S/C23H27N3O3/c1-28-18-4-5-20-17(12-18)13-23(29-20,22(24)27)21-16-6-9-26(10-7-16)19(21)11-15-3-2-8-25-14-15/h2-5,8,12,14,16,19,21H,6-7,9-11,13H2,1H3,(H2,24,27). The van der Waals surface area contributed by atoms with Crippen LogP contribution in [0.5, 0.6) is 11.5 Å². The Morgan fingerprint density at radius 1 is 1.34 bits per heavy atom. The molecule has 4 aliphatic rings. The van der Waals surface area contributed by atoms with Gasteiger partial charge in [-0.2, -0.15) is 0 Å². The van der Waals surface area contributed by atoms with Crippen LogP contribution in [-0.2, 0) is 17.6 Å². The predicted molar refractivity (Wildman–Crippen MR) is 109 cm³/mol. The van der Waals surface area contributed by atoms with Crippen molar-refractivity contribution in [3.05, 3.63) is 53.9 Å². The molecule has 6 heteroatoms. The van der Waals surface area contributed by atoms with Crippen molar-refractivity contribution < 1.29 is 14.3 Å². The average molecular weight is 393 g/mol. The Bertz CT molecular complexity index is 911. The molecule has 3 fully saturated rings. The molecule has 6 rings (SSSR count). The van der Waals surface area contributed by atoms with E-state index in [1.54, 1.807) is 13.3 Å². The lowest BCUT2D eigenvalue weighted by Gasteiger charge is -2.55. The highest BCUT2D eigenvalue weighted by molar-refractivity contribution is 5.86. The Labute approximate surface area is 171 Å². The zero-order valence-corrected chi connectivity index (χ0v) is 16.7. The van der Waals surface area contributed by atoms with E-state index >= 15 is 0 Å². The molecule has 5 heterocycles. The summed E-state index contributed by atoms with van der Waals surface area (Å²) >= 11 is 0. The summed E-state index contributed by atoms with van der Waals surface area (Å²) in [5, 5.41) is 0. The first-order valence-electron chi connectivity index (χ1n) is 10.4. The lowest BCUT2D eigenvalue weighted by molar-refractivity contribution is -0.152. The minimum absolute atomic E-state index is 0.0566. The largest absolute Gasteiger partial charge is 0.497 e. The molecule has 0 saturated carbocycles. The van der Waals surface area contributed by atoms with Gasteiger partial charge in [0.15, 0.2) is 5.60 Å². The van der Waals surface area contributed by atoms with Crippen LogP contribution in [-0.4, -0.2) is 47.6 Å². The van der Waals surface area contributed by atoms with Gasteiger partial charge in [-0.1, -0.05) is 6.07 Å². The second-order valence-electron chi connectivity index (χ2n) is 8.54. The number of rotatable bonds is 5. The lowest BCUT2D eigenvalue weighted by atomic mass is 9.63. The molecular weight excluding hydrogens is 366 g/mol. The maximum atomic E-state index is 13.0. The second-order valence-corrected chi connectivity index (χ2v) is 8.54. The van der Waals surface area contributed by atoms with Crippen molar-refractivity contribution >= 4 is 5.91 Å².